The summed E-state index contributed by atoms with van der Waals surface area (Å²) >= 11 is 0. The fourth-order valence-corrected chi connectivity index (χ4v) is 1.89. The van der Waals surface area contributed by atoms with Crippen molar-refractivity contribution in [2.45, 2.75) is 33.2 Å². The van der Waals surface area contributed by atoms with Gasteiger partial charge in [0.15, 0.2) is 5.82 Å². The average molecular weight is 277 g/mol. The summed E-state index contributed by atoms with van der Waals surface area (Å²) in [5.74, 6) is -0.407. The van der Waals surface area contributed by atoms with Crippen molar-refractivity contribution in [1.29, 1.82) is 0 Å². The monoisotopic (exact) mass is 277 g/mol. The van der Waals surface area contributed by atoms with Crippen LogP contribution in [-0.4, -0.2) is 25.9 Å². The molecule has 6 nitrogen and oxygen atoms in total. The van der Waals surface area contributed by atoms with Crippen molar-refractivity contribution in [1.82, 2.24) is 20.0 Å². The van der Waals surface area contributed by atoms with Gasteiger partial charge in [0.1, 0.15) is 6.54 Å². The molecule has 0 aromatic carbocycles. The molecule has 0 saturated carbocycles. The highest BCUT2D eigenvalue weighted by Gasteiger charge is 2.11. The van der Waals surface area contributed by atoms with Crippen LogP contribution in [0.4, 0.5) is 10.2 Å². The van der Waals surface area contributed by atoms with Gasteiger partial charge in [0.05, 0.1) is 5.69 Å². The van der Waals surface area contributed by atoms with Gasteiger partial charge in [-0.2, -0.15) is 9.49 Å². The normalized spacial score (nSPS) is 10.8. The number of carbonyl (C=O) groups excluding carboxylic acids is 1. The van der Waals surface area contributed by atoms with Crippen LogP contribution in [0.15, 0.2) is 18.3 Å². The second-order valence-electron chi connectivity index (χ2n) is 4.81. The molecule has 2 heterocycles. The van der Waals surface area contributed by atoms with Crippen LogP contribution in [0.25, 0.3) is 0 Å². The van der Waals surface area contributed by atoms with E-state index in [2.05, 4.69) is 34.5 Å². The number of rotatable bonds is 4. The van der Waals surface area contributed by atoms with Gasteiger partial charge in [-0.25, -0.2) is 0 Å². The maximum Gasteiger partial charge on any atom is 0.247 e. The molecule has 0 radical (unpaired) electrons. The Morgan fingerprint density at radius 1 is 1.40 bits per heavy atom. The Bertz CT molecular complexity index is 606. The number of carbonyl (C=O) groups is 1. The van der Waals surface area contributed by atoms with Crippen LogP contribution >= 0.6 is 0 Å². The lowest BCUT2D eigenvalue weighted by Gasteiger charge is -2.03. The van der Waals surface area contributed by atoms with E-state index < -0.39 is 5.95 Å². The molecule has 0 saturated heterocycles. The van der Waals surface area contributed by atoms with Gasteiger partial charge in [-0.15, -0.1) is 10.2 Å². The summed E-state index contributed by atoms with van der Waals surface area (Å²) in [6.07, 6.45) is 1.86. The average Bonchev–Trinajstić information content (AvgIpc) is 2.73. The summed E-state index contributed by atoms with van der Waals surface area (Å²) in [5.41, 5.74) is 2.02. The topological polar surface area (TPSA) is 72.7 Å². The van der Waals surface area contributed by atoms with Crippen molar-refractivity contribution in [3.05, 3.63) is 35.5 Å². The number of nitrogens with one attached hydrogen (secondary N) is 1. The molecular formula is C13H16FN5O. The first kappa shape index (κ1) is 14.1. The number of hydrogen-bond donors (Lipinski definition) is 1. The van der Waals surface area contributed by atoms with E-state index in [1.807, 2.05) is 13.1 Å². The van der Waals surface area contributed by atoms with E-state index in [4.69, 9.17) is 0 Å². The molecule has 20 heavy (non-hydrogen) atoms. The molecule has 2 aromatic heterocycles. The molecule has 0 spiro atoms. The number of amides is 1. The Morgan fingerprint density at radius 3 is 2.70 bits per heavy atom. The van der Waals surface area contributed by atoms with Crippen molar-refractivity contribution >= 4 is 11.7 Å². The predicted molar refractivity (Wildman–Crippen MR) is 71.7 cm³/mol. The van der Waals surface area contributed by atoms with Gasteiger partial charge in [0.2, 0.25) is 11.9 Å². The van der Waals surface area contributed by atoms with E-state index in [1.165, 1.54) is 6.07 Å². The van der Waals surface area contributed by atoms with Gasteiger partial charge in [-0.3, -0.25) is 9.48 Å². The van der Waals surface area contributed by atoms with Gasteiger partial charge in [-0.05, 0) is 30.5 Å². The Labute approximate surface area is 116 Å². The molecule has 106 valence electrons. The Kier molecular flexibility index (Phi) is 4.07. The molecule has 7 heteroatoms. The molecule has 0 aliphatic rings. The summed E-state index contributed by atoms with van der Waals surface area (Å²) < 4.78 is 14.2. The zero-order valence-electron chi connectivity index (χ0n) is 11.6. The van der Waals surface area contributed by atoms with E-state index in [0.29, 0.717) is 5.92 Å². The summed E-state index contributed by atoms with van der Waals surface area (Å²) in [6, 6.07) is 2.49. The maximum atomic E-state index is 12.6. The molecule has 0 atom stereocenters. The lowest BCUT2D eigenvalue weighted by Crippen LogP contribution is -2.20. The number of hydrogen-bond acceptors (Lipinski definition) is 4. The van der Waals surface area contributed by atoms with E-state index in [-0.39, 0.29) is 18.3 Å². The molecule has 0 aliphatic carbocycles. The van der Waals surface area contributed by atoms with Crippen molar-refractivity contribution < 1.29 is 9.18 Å². The Balaban J connectivity index is 2.01. The highest BCUT2D eigenvalue weighted by Crippen LogP contribution is 2.17. The van der Waals surface area contributed by atoms with E-state index in [1.54, 1.807) is 4.68 Å². The minimum absolute atomic E-state index is 0.0760. The SMILES string of the molecule is Cc1nn(CC(=O)Nc2ccc(F)nn2)cc1C(C)C. The largest absolute Gasteiger partial charge is 0.308 e. The molecule has 1 amide bonds. The summed E-state index contributed by atoms with van der Waals surface area (Å²) in [7, 11) is 0. The van der Waals surface area contributed by atoms with Crippen LogP contribution in [0.3, 0.4) is 0 Å². The van der Waals surface area contributed by atoms with Crippen molar-refractivity contribution in [3.63, 3.8) is 0 Å². The number of halogens is 1. The zero-order valence-corrected chi connectivity index (χ0v) is 11.6. The third kappa shape index (κ3) is 3.37. The highest BCUT2D eigenvalue weighted by atomic mass is 19.1. The second-order valence-corrected chi connectivity index (χ2v) is 4.81. The van der Waals surface area contributed by atoms with Gasteiger partial charge >= 0.3 is 0 Å². The molecule has 2 aromatic rings. The standard InChI is InChI=1S/C13H16FN5O/c1-8(2)10-6-19(18-9(10)3)7-13(20)15-12-5-4-11(14)16-17-12/h4-6,8H,7H2,1-3H3,(H,15,17,20). The molecule has 0 bridgehead atoms. The first-order valence-corrected chi connectivity index (χ1v) is 6.28. The predicted octanol–water partition coefficient (Wildman–Crippen LogP) is 1.88. The number of nitrogens with zero attached hydrogens (tertiary/aromatic N) is 4. The zero-order chi connectivity index (χ0) is 14.7. The minimum atomic E-state index is -0.688. The summed E-state index contributed by atoms with van der Waals surface area (Å²) in [4.78, 5) is 11.8. The van der Waals surface area contributed by atoms with Gasteiger partial charge in [0, 0.05) is 6.20 Å². The van der Waals surface area contributed by atoms with Crippen LogP contribution in [0.1, 0.15) is 31.0 Å². The molecular weight excluding hydrogens is 261 g/mol. The smallest absolute Gasteiger partial charge is 0.247 e. The third-order valence-corrected chi connectivity index (χ3v) is 2.81. The van der Waals surface area contributed by atoms with Crippen LogP contribution in [0.5, 0.6) is 0 Å². The van der Waals surface area contributed by atoms with Gasteiger partial charge in [0.25, 0.3) is 0 Å². The molecule has 0 aliphatic heterocycles. The van der Waals surface area contributed by atoms with Crippen LogP contribution < -0.4 is 5.32 Å². The quantitative estimate of drug-likeness (QED) is 0.926. The van der Waals surface area contributed by atoms with Crippen LogP contribution in [0.2, 0.25) is 0 Å². The molecule has 0 unspecified atom stereocenters. The fourth-order valence-electron chi connectivity index (χ4n) is 1.89. The van der Waals surface area contributed by atoms with Crippen LogP contribution in [-0.2, 0) is 11.3 Å². The Hall–Kier alpha value is -2.31. The second kappa shape index (κ2) is 5.77. The maximum absolute atomic E-state index is 12.6. The van der Waals surface area contributed by atoms with Crippen molar-refractivity contribution in [2.75, 3.05) is 5.32 Å². The summed E-state index contributed by atoms with van der Waals surface area (Å²) in [5, 5.41) is 13.6. The third-order valence-electron chi connectivity index (χ3n) is 2.81. The highest BCUT2D eigenvalue weighted by molar-refractivity contribution is 5.89. The minimum Gasteiger partial charge on any atom is -0.308 e. The number of aromatic nitrogens is 4. The van der Waals surface area contributed by atoms with Gasteiger partial charge in [-0.1, -0.05) is 13.8 Å². The van der Waals surface area contributed by atoms with E-state index in [9.17, 15) is 9.18 Å². The first-order valence-electron chi connectivity index (χ1n) is 6.28. The van der Waals surface area contributed by atoms with Gasteiger partial charge < -0.3 is 5.32 Å². The lowest BCUT2D eigenvalue weighted by molar-refractivity contribution is -0.116. The number of anilines is 1. The summed E-state index contributed by atoms with van der Waals surface area (Å²) in [6.45, 7) is 6.13. The molecule has 2 rings (SSSR count). The van der Waals surface area contributed by atoms with Crippen molar-refractivity contribution in [2.24, 2.45) is 0 Å². The van der Waals surface area contributed by atoms with Crippen molar-refractivity contribution in [3.8, 4) is 0 Å². The molecule has 0 fully saturated rings. The first-order chi connectivity index (χ1) is 9.45. The molecule has 1 N–H and O–H groups in total. The van der Waals surface area contributed by atoms with E-state index >= 15 is 0 Å². The Morgan fingerprint density at radius 2 is 2.15 bits per heavy atom. The van der Waals surface area contributed by atoms with E-state index in [0.717, 1.165) is 17.3 Å². The number of aryl methyl sites for hydroxylation is 1. The lowest BCUT2D eigenvalue weighted by atomic mass is 10.1. The van der Waals surface area contributed by atoms with Crippen LogP contribution in [0, 0.1) is 12.9 Å². The fraction of sp³-hybridized carbons (Fsp3) is 0.385.